The van der Waals surface area contributed by atoms with E-state index in [0.717, 1.165) is 32.5 Å². The zero-order valence-corrected chi connectivity index (χ0v) is 16.8. The summed E-state index contributed by atoms with van der Waals surface area (Å²) in [5.74, 6) is 0.0447. The van der Waals surface area contributed by atoms with Gasteiger partial charge < -0.3 is 24.8 Å². The van der Waals surface area contributed by atoms with Gasteiger partial charge >= 0.3 is 0 Å². The van der Waals surface area contributed by atoms with E-state index >= 15 is 0 Å². The number of amides is 1. The number of Topliss-reactive ketones (excluding diaryl/α,β-unsaturated/α-hetero) is 1. The van der Waals surface area contributed by atoms with Gasteiger partial charge in [0, 0.05) is 38.5 Å². The Bertz CT molecular complexity index is 351. The quantitative estimate of drug-likeness (QED) is 0.334. The molecule has 0 spiro atoms. The zero-order chi connectivity index (χ0) is 19.5. The number of ketones is 1. The van der Waals surface area contributed by atoms with Gasteiger partial charge in [0.2, 0.25) is 5.91 Å². The number of rotatable bonds is 19. The first-order valence-electron chi connectivity index (χ1n) is 9.81. The van der Waals surface area contributed by atoms with Gasteiger partial charge in [-0.3, -0.25) is 9.59 Å². The molecule has 0 unspecified atom stereocenters. The van der Waals surface area contributed by atoms with Crippen LogP contribution in [0.5, 0.6) is 0 Å². The molecule has 0 saturated carbocycles. The SMILES string of the molecule is CCNCCCOCCOCCOCCCNC(=O)CCC(=O)C(C)C. The molecule has 0 atom stereocenters. The maximum Gasteiger partial charge on any atom is 0.220 e. The van der Waals surface area contributed by atoms with Crippen molar-refractivity contribution in [3.63, 3.8) is 0 Å². The Kier molecular flexibility index (Phi) is 18.0. The van der Waals surface area contributed by atoms with Crippen LogP contribution < -0.4 is 10.6 Å². The van der Waals surface area contributed by atoms with Gasteiger partial charge in [0.15, 0.2) is 0 Å². The third-order valence-electron chi connectivity index (χ3n) is 3.67. The summed E-state index contributed by atoms with van der Waals surface area (Å²) in [4.78, 5) is 23.0. The van der Waals surface area contributed by atoms with Gasteiger partial charge in [0.05, 0.1) is 26.4 Å². The summed E-state index contributed by atoms with van der Waals surface area (Å²) in [5.41, 5.74) is 0. The number of nitrogens with one attached hydrogen (secondary N) is 2. The summed E-state index contributed by atoms with van der Waals surface area (Å²) < 4.78 is 16.3. The van der Waals surface area contributed by atoms with E-state index in [0.29, 0.717) is 46.0 Å². The van der Waals surface area contributed by atoms with Gasteiger partial charge in [-0.2, -0.15) is 0 Å². The second kappa shape index (κ2) is 18.8. The standard InChI is InChI=1S/C19H38N2O5/c1-4-20-9-5-11-24-13-15-26-16-14-25-12-6-10-21-19(23)8-7-18(22)17(2)3/h17,20H,4-16H2,1-3H3,(H,21,23). The molecule has 0 bridgehead atoms. The monoisotopic (exact) mass is 374 g/mol. The number of carbonyl (C=O) groups excluding carboxylic acids is 2. The van der Waals surface area contributed by atoms with Crippen molar-refractivity contribution in [1.82, 2.24) is 10.6 Å². The molecule has 0 aliphatic heterocycles. The highest BCUT2D eigenvalue weighted by molar-refractivity contribution is 5.85. The maximum atomic E-state index is 11.6. The van der Waals surface area contributed by atoms with Gasteiger partial charge in [-0.1, -0.05) is 20.8 Å². The summed E-state index contributed by atoms with van der Waals surface area (Å²) in [6.45, 7) is 11.9. The van der Waals surface area contributed by atoms with Crippen LogP contribution in [0.15, 0.2) is 0 Å². The Hall–Kier alpha value is -1.02. The highest BCUT2D eigenvalue weighted by Gasteiger charge is 2.09. The predicted molar refractivity (Wildman–Crippen MR) is 102 cm³/mol. The first-order chi connectivity index (χ1) is 12.6. The van der Waals surface area contributed by atoms with E-state index in [1.165, 1.54) is 0 Å². The zero-order valence-electron chi connectivity index (χ0n) is 16.8. The number of ether oxygens (including phenoxy) is 3. The summed E-state index contributed by atoms with van der Waals surface area (Å²) in [6.07, 6.45) is 2.35. The van der Waals surface area contributed by atoms with Gasteiger partial charge in [-0.05, 0) is 25.9 Å². The topological polar surface area (TPSA) is 85.9 Å². The third-order valence-corrected chi connectivity index (χ3v) is 3.67. The fourth-order valence-electron chi connectivity index (χ4n) is 2.03. The smallest absolute Gasteiger partial charge is 0.220 e. The minimum atomic E-state index is -0.0761. The molecule has 0 aliphatic carbocycles. The molecule has 0 fully saturated rings. The summed E-state index contributed by atoms with van der Waals surface area (Å²) in [6, 6.07) is 0. The van der Waals surface area contributed by atoms with E-state index in [1.807, 2.05) is 13.8 Å². The Morgan fingerprint density at radius 3 is 1.88 bits per heavy atom. The van der Waals surface area contributed by atoms with Crippen molar-refractivity contribution in [1.29, 1.82) is 0 Å². The Morgan fingerprint density at radius 1 is 0.808 bits per heavy atom. The maximum absolute atomic E-state index is 11.6. The molecular formula is C19H38N2O5. The van der Waals surface area contributed by atoms with Gasteiger partial charge in [-0.25, -0.2) is 0 Å². The second-order valence-corrected chi connectivity index (χ2v) is 6.37. The molecule has 0 aromatic heterocycles. The van der Waals surface area contributed by atoms with Crippen LogP contribution in [0.1, 0.15) is 46.5 Å². The normalized spacial score (nSPS) is 11.1. The highest BCUT2D eigenvalue weighted by atomic mass is 16.5. The highest BCUT2D eigenvalue weighted by Crippen LogP contribution is 2.01. The predicted octanol–water partition coefficient (Wildman–Crippen LogP) is 1.55. The van der Waals surface area contributed by atoms with Crippen LogP contribution in [0.3, 0.4) is 0 Å². The number of hydrogen-bond acceptors (Lipinski definition) is 6. The summed E-state index contributed by atoms with van der Waals surface area (Å²) >= 11 is 0. The van der Waals surface area contributed by atoms with Crippen molar-refractivity contribution in [2.45, 2.75) is 46.5 Å². The van der Waals surface area contributed by atoms with E-state index in [2.05, 4.69) is 17.6 Å². The summed E-state index contributed by atoms with van der Waals surface area (Å²) in [7, 11) is 0. The summed E-state index contributed by atoms with van der Waals surface area (Å²) in [5, 5.41) is 6.04. The molecule has 0 saturated heterocycles. The van der Waals surface area contributed by atoms with Gasteiger partial charge in [-0.15, -0.1) is 0 Å². The fraction of sp³-hybridized carbons (Fsp3) is 0.895. The molecule has 0 heterocycles. The van der Waals surface area contributed by atoms with Crippen molar-refractivity contribution in [2.24, 2.45) is 5.92 Å². The van der Waals surface area contributed by atoms with Crippen LogP contribution in [0.25, 0.3) is 0 Å². The Balaban J connectivity index is 3.19. The van der Waals surface area contributed by atoms with Crippen molar-refractivity contribution in [3.05, 3.63) is 0 Å². The van der Waals surface area contributed by atoms with Crippen LogP contribution in [0.4, 0.5) is 0 Å². The molecule has 7 heteroatoms. The lowest BCUT2D eigenvalue weighted by Crippen LogP contribution is -2.26. The largest absolute Gasteiger partial charge is 0.379 e. The van der Waals surface area contributed by atoms with E-state index < -0.39 is 0 Å². The molecule has 2 N–H and O–H groups in total. The second-order valence-electron chi connectivity index (χ2n) is 6.37. The van der Waals surface area contributed by atoms with Crippen molar-refractivity contribution in [3.8, 4) is 0 Å². The molecule has 26 heavy (non-hydrogen) atoms. The molecule has 0 aromatic carbocycles. The molecule has 7 nitrogen and oxygen atoms in total. The molecule has 154 valence electrons. The molecule has 0 aliphatic rings. The lowest BCUT2D eigenvalue weighted by atomic mass is 10.0. The molecule has 0 rings (SSSR count). The minimum Gasteiger partial charge on any atom is -0.379 e. The van der Waals surface area contributed by atoms with Gasteiger partial charge in [0.25, 0.3) is 0 Å². The van der Waals surface area contributed by atoms with Gasteiger partial charge in [0.1, 0.15) is 5.78 Å². The van der Waals surface area contributed by atoms with E-state index in [9.17, 15) is 9.59 Å². The molecular weight excluding hydrogens is 336 g/mol. The first-order valence-corrected chi connectivity index (χ1v) is 9.81. The number of hydrogen-bond donors (Lipinski definition) is 2. The molecule has 0 radical (unpaired) electrons. The van der Waals surface area contributed by atoms with E-state index in [4.69, 9.17) is 14.2 Å². The average molecular weight is 375 g/mol. The van der Waals surface area contributed by atoms with Crippen LogP contribution in [0, 0.1) is 5.92 Å². The van der Waals surface area contributed by atoms with E-state index in [1.54, 1.807) is 0 Å². The van der Waals surface area contributed by atoms with Crippen molar-refractivity contribution >= 4 is 11.7 Å². The van der Waals surface area contributed by atoms with Crippen molar-refractivity contribution < 1.29 is 23.8 Å². The van der Waals surface area contributed by atoms with Crippen LogP contribution in [-0.2, 0) is 23.8 Å². The minimum absolute atomic E-state index is 0.00641. The lowest BCUT2D eigenvalue weighted by Gasteiger charge is -2.08. The Labute approximate surface area is 158 Å². The van der Waals surface area contributed by atoms with Crippen molar-refractivity contribution in [2.75, 3.05) is 59.3 Å². The molecule has 1 amide bonds. The molecule has 0 aromatic rings. The first kappa shape index (κ1) is 25.0. The van der Waals surface area contributed by atoms with Crippen LogP contribution in [-0.4, -0.2) is 71.0 Å². The average Bonchev–Trinajstić information content (AvgIpc) is 2.62. The lowest BCUT2D eigenvalue weighted by molar-refractivity contribution is -0.126. The Morgan fingerprint density at radius 2 is 1.35 bits per heavy atom. The third kappa shape index (κ3) is 17.8. The van der Waals surface area contributed by atoms with Crippen LogP contribution >= 0.6 is 0 Å². The number of carbonyl (C=O) groups is 2. The van der Waals surface area contributed by atoms with E-state index in [-0.39, 0.29) is 24.0 Å². The van der Waals surface area contributed by atoms with Crippen LogP contribution in [0.2, 0.25) is 0 Å². The fourth-order valence-corrected chi connectivity index (χ4v) is 2.03.